The number of esters is 1. The van der Waals surface area contributed by atoms with Crippen LogP contribution in [0.4, 0.5) is 0 Å². The van der Waals surface area contributed by atoms with Gasteiger partial charge in [0.15, 0.2) is 11.5 Å². The number of carbonyl (C=O) groups excluding carboxylic acids is 1. The lowest BCUT2D eigenvalue weighted by Crippen LogP contribution is -3.14. The average molecular weight is 384 g/mol. The summed E-state index contributed by atoms with van der Waals surface area (Å²) >= 11 is 0. The van der Waals surface area contributed by atoms with Crippen LogP contribution in [0.25, 0.3) is 0 Å². The zero-order chi connectivity index (χ0) is 19.8. The number of hydrogen-bond acceptors (Lipinski definition) is 4. The van der Waals surface area contributed by atoms with Gasteiger partial charge in [-0.1, -0.05) is 42.5 Å². The van der Waals surface area contributed by atoms with E-state index in [4.69, 9.17) is 14.2 Å². The van der Waals surface area contributed by atoms with Crippen molar-refractivity contribution in [1.29, 1.82) is 0 Å². The highest BCUT2D eigenvalue weighted by Crippen LogP contribution is 2.34. The van der Waals surface area contributed by atoms with Crippen LogP contribution < -0.4 is 14.4 Å². The molecule has 1 aliphatic rings. The molecule has 1 N–H and O–H groups in total. The number of methoxy groups -OCH3 is 1. The number of likely N-dealkylation sites (tertiary alicyclic amines) is 1. The molecule has 0 radical (unpaired) electrons. The second kappa shape index (κ2) is 9.60. The first-order chi connectivity index (χ1) is 13.7. The monoisotopic (exact) mass is 384 g/mol. The molecule has 150 valence electrons. The molecule has 0 amide bonds. The maximum absolute atomic E-state index is 12.8. The Morgan fingerprint density at radius 1 is 1.00 bits per heavy atom. The Labute approximate surface area is 167 Å². The number of piperidine rings is 1. The highest BCUT2D eigenvalue weighted by molar-refractivity contribution is 5.83. The van der Waals surface area contributed by atoms with Crippen LogP contribution in [0.1, 0.15) is 25.3 Å². The summed E-state index contributed by atoms with van der Waals surface area (Å²) in [5.41, 5.74) is 0.544. The smallest absolute Gasteiger partial charge is 0.317 e. The number of quaternary nitrogens is 1. The van der Waals surface area contributed by atoms with Crippen LogP contribution in [0.3, 0.4) is 0 Å². The van der Waals surface area contributed by atoms with E-state index in [2.05, 4.69) is 0 Å². The van der Waals surface area contributed by atoms with E-state index in [1.165, 1.54) is 4.90 Å². The number of carbonyl (C=O) groups is 1. The van der Waals surface area contributed by atoms with Crippen LogP contribution in [0.15, 0.2) is 54.6 Å². The maximum Gasteiger partial charge on any atom is 0.317 e. The van der Waals surface area contributed by atoms with Crippen LogP contribution in [-0.2, 0) is 14.9 Å². The molecule has 0 atom stereocenters. The van der Waals surface area contributed by atoms with E-state index in [1.54, 1.807) is 7.11 Å². The fourth-order valence-electron chi connectivity index (χ4n) is 3.96. The van der Waals surface area contributed by atoms with E-state index in [0.29, 0.717) is 13.2 Å². The molecule has 0 bridgehead atoms. The van der Waals surface area contributed by atoms with Crippen molar-refractivity contribution in [2.45, 2.75) is 25.2 Å². The molecule has 1 aliphatic heterocycles. The highest BCUT2D eigenvalue weighted by Gasteiger charge is 2.45. The number of para-hydroxylation sites is 2. The summed E-state index contributed by atoms with van der Waals surface area (Å²) < 4.78 is 16.7. The molecular weight excluding hydrogens is 354 g/mol. The standard InChI is InChI=1S/C23H29NO4/c1-3-27-22(25)23(19-9-5-4-6-10-19)13-15-24(16-14-23)17-18-28-21-12-8-7-11-20(21)26-2/h4-12H,3,13-18H2,1-2H3/p+1. The summed E-state index contributed by atoms with van der Waals surface area (Å²) in [5, 5.41) is 0. The summed E-state index contributed by atoms with van der Waals surface area (Å²) in [6.07, 6.45) is 1.58. The van der Waals surface area contributed by atoms with Crippen LogP contribution >= 0.6 is 0 Å². The maximum atomic E-state index is 12.8. The minimum absolute atomic E-state index is 0.0921. The Balaban J connectivity index is 1.59. The molecule has 28 heavy (non-hydrogen) atoms. The fourth-order valence-corrected chi connectivity index (χ4v) is 3.96. The van der Waals surface area contributed by atoms with Gasteiger partial charge < -0.3 is 19.1 Å². The first-order valence-electron chi connectivity index (χ1n) is 10.0. The van der Waals surface area contributed by atoms with Gasteiger partial charge in [-0.05, 0) is 24.6 Å². The molecule has 1 fully saturated rings. The highest BCUT2D eigenvalue weighted by atomic mass is 16.5. The lowest BCUT2D eigenvalue weighted by atomic mass is 9.72. The molecule has 1 heterocycles. The molecule has 5 nitrogen and oxygen atoms in total. The van der Waals surface area contributed by atoms with Gasteiger partial charge in [0, 0.05) is 12.8 Å². The number of rotatable bonds is 8. The summed E-state index contributed by atoms with van der Waals surface area (Å²) in [7, 11) is 1.65. The zero-order valence-electron chi connectivity index (χ0n) is 16.8. The van der Waals surface area contributed by atoms with Gasteiger partial charge in [-0.3, -0.25) is 4.79 Å². The largest absolute Gasteiger partial charge is 0.493 e. The summed E-state index contributed by atoms with van der Waals surface area (Å²) in [6, 6.07) is 17.8. The van der Waals surface area contributed by atoms with Gasteiger partial charge in [-0.15, -0.1) is 0 Å². The lowest BCUT2D eigenvalue weighted by molar-refractivity contribution is -0.906. The Kier molecular flexibility index (Phi) is 6.93. The Morgan fingerprint density at radius 2 is 1.64 bits per heavy atom. The molecular formula is C23H30NO4+. The van der Waals surface area contributed by atoms with Crippen LogP contribution in [-0.4, -0.2) is 45.9 Å². The van der Waals surface area contributed by atoms with Gasteiger partial charge in [0.05, 0.1) is 26.8 Å². The number of nitrogens with one attached hydrogen (secondary N) is 1. The molecule has 0 saturated carbocycles. The SMILES string of the molecule is CCOC(=O)C1(c2ccccc2)CC[NH+](CCOc2ccccc2OC)CC1. The third-order valence-corrected chi connectivity index (χ3v) is 5.59. The second-order valence-corrected chi connectivity index (χ2v) is 7.17. The summed E-state index contributed by atoms with van der Waals surface area (Å²) in [4.78, 5) is 14.3. The molecule has 0 aliphatic carbocycles. The van der Waals surface area contributed by atoms with Crippen molar-refractivity contribution < 1.29 is 23.9 Å². The molecule has 3 rings (SSSR count). The van der Waals surface area contributed by atoms with Crippen molar-refractivity contribution in [2.24, 2.45) is 0 Å². The van der Waals surface area contributed by atoms with Gasteiger partial charge in [-0.25, -0.2) is 0 Å². The predicted molar refractivity (Wildman–Crippen MR) is 108 cm³/mol. The molecule has 0 aromatic heterocycles. The lowest BCUT2D eigenvalue weighted by Gasteiger charge is -2.38. The predicted octanol–water partition coefficient (Wildman–Crippen LogP) is 2.25. The van der Waals surface area contributed by atoms with Gasteiger partial charge in [-0.2, -0.15) is 0 Å². The van der Waals surface area contributed by atoms with Crippen molar-refractivity contribution in [3.05, 3.63) is 60.2 Å². The van der Waals surface area contributed by atoms with Gasteiger partial charge in [0.1, 0.15) is 18.6 Å². The normalized spacial score (nSPS) is 21.7. The summed E-state index contributed by atoms with van der Waals surface area (Å²) in [6.45, 7) is 5.63. The molecule has 0 unspecified atom stereocenters. The van der Waals surface area contributed by atoms with Crippen LogP contribution in [0.5, 0.6) is 11.5 Å². The first kappa shape index (κ1) is 20.2. The number of hydrogen-bond donors (Lipinski definition) is 1. The van der Waals surface area contributed by atoms with Gasteiger partial charge >= 0.3 is 5.97 Å². The average Bonchev–Trinajstić information content (AvgIpc) is 2.75. The van der Waals surface area contributed by atoms with Crippen molar-refractivity contribution in [3.8, 4) is 11.5 Å². The first-order valence-corrected chi connectivity index (χ1v) is 10.0. The number of benzene rings is 2. The van der Waals surface area contributed by atoms with Crippen molar-refractivity contribution in [2.75, 3.05) is 40.0 Å². The zero-order valence-corrected chi connectivity index (χ0v) is 16.8. The molecule has 0 spiro atoms. The second-order valence-electron chi connectivity index (χ2n) is 7.17. The minimum atomic E-state index is -0.524. The number of ether oxygens (including phenoxy) is 3. The third kappa shape index (κ3) is 4.47. The van der Waals surface area contributed by atoms with Crippen LogP contribution in [0.2, 0.25) is 0 Å². The van der Waals surface area contributed by atoms with Crippen molar-refractivity contribution >= 4 is 5.97 Å². The van der Waals surface area contributed by atoms with Crippen molar-refractivity contribution in [1.82, 2.24) is 0 Å². The quantitative estimate of drug-likeness (QED) is 0.710. The Hall–Kier alpha value is -2.53. The molecule has 1 saturated heterocycles. The Bertz CT molecular complexity index is 754. The van der Waals surface area contributed by atoms with Crippen molar-refractivity contribution in [3.63, 3.8) is 0 Å². The Morgan fingerprint density at radius 3 is 2.29 bits per heavy atom. The van der Waals surface area contributed by atoms with E-state index < -0.39 is 5.41 Å². The molecule has 2 aromatic carbocycles. The molecule has 2 aromatic rings. The van der Waals surface area contributed by atoms with Gasteiger partial charge in [0.25, 0.3) is 0 Å². The topological polar surface area (TPSA) is 49.2 Å². The van der Waals surface area contributed by atoms with Crippen LogP contribution in [0, 0.1) is 0 Å². The van der Waals surface area contributed by atoms with E-state index in [1.807, 2.05) is 61.5 Å². The van der Waals surface area contributed by atoms with E-state index >= 15 is 0 Å². The van der Waals surface area contributed by atoms with E-state index in [0.717, 1.165) is 49.5 Å². The van der Waals surface area contributed by atoms with Gasteiger partial charge in [0.2, 0.25) is 0 Å². The third-order valence-electron chi connectivity index (χ3n) is 5.59. The molecule has 5 heteroatoms. The van der Waals surface area contributed by atoms with E-state index in [9.17, 15) is 4.79 Å². The van der Waals surface area contributed by atoms with E-state index in [-0.39, 0.29) is 5.97 Å². The minimum Gasteiger partial charge on any atom is -0.493 e. The fraction of sp³-hybridized carbons (Fsp3) is 0.435. The summed E-state index contributed by atoms with van der Waals surface area (Å²) in [5.74, 6) is 1.43.